The van der Waals surface area contributed by atoms with Crippen molar-refractivity contribution in [3.8, 4) is 0 Å². The molecule has 2 heteroatoms. The number of nitrogens with two attached hydrogens (primary N) is 1. The first-order valence-corrected chi connectivity index (χ1v) is 4.17. The summed E-state index contributed by atoms with van der Waals surface area (Å²) in [5.41, 5.74) is 5.82. The second kappa shape index (κ2) is 2.19. The van der Waals surface area contributed by atoms with Crippen LogP contribution < -0.4 is 5.73 Å². The normalized spacial score (nSPS) is 53.4. The molecule has 2 bridgehead atoms. The van der Waals surface area contributed by atoms with Gasteiger partial charge in [-0.2, -0.15) is 0 Å². The molecule has 3 rings (SSSR count). The molecule has 0 heterocycles. The number of alkyl halides is 1. The minimum absolute atomic E-state index is 0.306. The van der Waals surface area contributed by atoms with Gasteiger partial charge in [-0.3, -0.25) is 0 Å². The van der Waals surface area contributed by atoms with Gasteiger partial charge in [0, 0.05) is 6.04 Å². The Labute approximate surface area is 60.8 Å². The van der Waals surface area contributed by atoms with Gasteiger partial charge in [0.15, 0.2) is 0 Å². The lowest BCUT2D eigenvalue weighted by Crippen LogP contribution is -2.46. The average molecular weight is 143 g/mol. The van der Waals surface area contributed by atoms with Crippen LogP contribution in [0.5, 0.6) is 0 Å². The third-order valence-corrected chi connectivity index (χ3v) is 3.13. The monoisotopic (exact) mass is 143 g/mol. The highest BCUT2D eigenvalue weighted by molar-refractivity contribution is 4.93. The molecule has 10 heavy (non-hydrogen) atoms. The molecule has 0 aromatic carbocycles. The van der Waals surface area contributed by atoms with Gasteiger partial charge in [-0.15, -0.1) is 0 Å². The summed E-state index contributed by atoms with van der Waals surface area (Å²) in [7, 11) is 0. The highest BCUT2D eigenvalue weighted by Gasteiger charge is 2.40. The van der Waals surface area contributed by atoms with E-state index in [-0.39, 0.29) is 0 Å². The first kappa shape index (κ1) is 6.59. The Balaban J connectivity index is 2.09. The maximum atomic E-state index is 13.0. The third kappa shape index (κ3) is 0.858. The van der Waals surface area contributed by atoms with Crippen molar-refractivity contribution in [2.75, 3.05) is 0 Å². The summed E-state index contributed by atoms with van der Waals surface area (Å²) in [4.78, 5) is 0. The van der Waals surface area contributed by atoms with Crippen molar-refractivity contribution in [2.24, 2.45) is 17.6 Å². The predicted molar refractivity (Wildman–Crippen MR) is 38.3 cm³/mol. The maximum Gasteiger partial charge on any atom is 0.103 e. The fraction of sp³-hybridized carbons (Fsp3) is 1.00. The Hall–Kier alpha value is -0.110. The second-order valence-electron chi connectivity index (χ2n) is 3.75. The van der Waals surface area contributed by atoms with Crippen molar-refractivity contribution in [1.82, 2.24) is 0 Å². The molecule has 3 saturated carbocycles. The van der Waals surface area contributed by atoms with E-state index in [2.05, 4.69) is 0 Å². The highest BCUT2D eigenvalue weighted by Crippen LogP contribution is 2.41. The van der Waals surface area contributed by atoms with Crippen LogP contribution in [0.1, 0.15) is 25.7 Å². The standard InChI is InChI=1S/C8H14FN/c9-7-3-6-2-1-5(7)4-8(6)10/h5-8H,1-4,10H2. The molecule has 2 N–H and O–H groups in total. The molecule has 0 saturated heterocycles. The molecule has 4 unspecified atom stereocenters. The van der Waals surface area contributed by atoms with Crippen molar-refractivity contribution in [3.63, 3.8) is 0 Å². The molecule has 0 aromatic rings. The first-order chi connectivity index (χ1) is 4.77. The van der Waals surface area contributed by atoms with Crippen LogP contribution in [-0.2, 0) is 0 Å². The molecule has 1 nitrogen and oxygen atoms in total. The summed E-state index contributed by atoms with van der Waals surface area (Å²) >= 11 is 0. The minimum atomic E-state index is -0.529. The van der Waals surface area contributed by atoms with Gasteiger partial charge >= 0.3 is 0 Å². The summed E-state index contributed by atoms with van der Waals surface area (Å²) in [5, 5.41) is 0. The largest absolute Gasteiger partial charge is 0.327 e. The Morgan fingerprint density at radius 2 is 1.80 bits per heavy atom. The Morgan fingerprint density at radius 3 is 2.10 bits per heavy atom. The van der Waals surface area contributed by atoms with Gasteiger partial charge in [-0.25, -0.2) is 4.39 Å². The summed E-state index contributed by atoms with van der Waals surface area (Å²) in [6.45, 7) is 0. The van der Waals surface area contributed by atoms with Gasteiger partial charge in [0.25, 0.3) is 0 Å². The minimum Gasteiger partial charge on any atom is -0.327 e. The highest BCUT2D eigenvalue weighted by atomic mass is 19.1. The van der Waals surface area contributed by atoms with Gasteiger partial charge in [0.05, 0.1) is 0 Å². The van der Waals surface area contributed by atoms with Crippen LogP contribution in [0.3, 0.4) is 0 Å². The fourth-order valence-corrected chi connectivity index (χ4v) is 2.40. The molecule has 3 aliphatic carbocycles. The number of rotatable bonds is 0. The molecule has 0 spiro atoms. The van der Waals surface area contributed by atoms with Gasteiger partial charge in [-0.1, -0.05) is 0 Å². The lowest BCUT2D eigenvalue weighted by atomic mass is 9.67. The van der Waals surface area contributed by atoms with Crippen molar-refractivity contribution < 1.29 is 4.39 Å². The molecule has 4 atom stereocenters. The van der Waals surface area contributed by atoms with E-state index >= 15 is 0 Å². The van der Waals surface area contributed by atoms with Crippen LogP contribution in [0.25, 0.3) is 0 Å². The lowest BCUT2D eigenvalue weighted by molar-refractivity contribution is 0.0491. The smallest absolute Gasteiger partial charge is 0.103 e. The summed E-state index contributed by atoms with van der Waals surface area (Å²) in [5.74, 6) is 0.806. The van der Waals surface area contributed by atoms with Crippen LogP contribution in [0.2, 0.25) is 0 Å². The van der Waals surface area contributed by atoms with Gasteiger partial charge in [0.2, 0.25) is 0 Å². The van der Waals surface area contributed by atoms with Gasteiger partial charge < -0.3 is 5.73 Å². The second-order valence-corrected chi connectivity index (χ2v) is 3.75. The van der Waals surface area contributed by atoms with E-state index < -0.39 is 6.17 Å². The van der Waals surface area contributed by atoms with Crippen LogP contribution in [0.15, 0.2) is 0 Å². The Morgan fingerprint density at radius 1 is 1.10 bits per heavy atom. The van der Waals surface area contributed by atoms with Crippen LogP contribution in [0, 0.1) is 11.8 Å². The van der Waals surface area contributed by atoms with E-state index in [9.17, 15) is 4.39 Å². The number of halogens is 1. The van der Waals surface area contributed by atoms with E-state index in [1.165, 1.54) is 6.42 Å². The number of hydrogen-bond acceptors (Lipinski definition) is 1. The Kier molecular flexibility index (Phi) is 1.44. The van der Waals surface area contributed by atoms with Gasteiger partial charge in [0.1, 0.15) is 6.17 Å². The van der Waals surface area contributed by atoms with E-state index in [0.717, 1.165) is 19.3 Å². The Bertz CT molecular complexity index is 121. The molecular weight excluding hydrogens is 129 g/mol. The van der Waals surface area contributed by atoms with E-state index in [0.29, 0.717) is 17.9 Å². The zero-order chi connectivity index (χ0) is 7.14. The van der Waals surface area contributed by atoms with E-state index in [4.69, 9.17) is 5.73 Å². The molecular formula is C8H14FN. The lowest BCUT2D eigenvalue weighted by Gasteiger charge is -2.42. The quantitative estimate of drug-likeness (QED) is 0.546. The zero-order valence-electron chi connectivity index (χ0n) is 6.09. The average Bonchev–Trinajstić information content (AvgIpc) is 1.91. The maximum absolute atomic E-state index is 13.0. The summed E-state index contributed by atoms with van der Waals surface area (Å²) < 4.78 is 13.0. The van der Waals surface area contributed by atoms with Crippen molar-refractivity contribution in [3.05, 3.63) is 0 Å². The third-order valence-electron chi connectivity index (χ3n) is 3.13. The SMILES string of the molecule is NC1CC2CCC1CC2F. The van der Waals surface area contributed by atoms with Crippen molar-refractivity contribution >= 4 is 0 Å². The van der Waals surface area contributed by atoms with Crippen molar-refractivity contribution in [2.45, 2.75) is 37.9 Å². The molecule has 0 aliphatic heterocycles. The number of fused-ring (bicyclic) bond motifs is 3. The number of hydrogen-bond donors (Lipinski definition) is 1. The molecule has 58 valence electrons. The first-order valence-electron chi connectivity index (χ1n) is 4.17. The molecule has 0 aromatic heterocycles. The predicted octanol–water partition coefficient (Wildman–Crippen LogP) is 1.47. The molecule has 3 aliphatic rings. The van der Waals surface area contributed by atoms with E-state index in [1.807, 2.05) is 0 Å². The molecule has 0 amide bonds. The van der Waals surface area contributed by atoms with Crippen molar-refractivity contribution in [1.29, 1.82) is 0 Å². The van der Waals surface area contributed by atoms with Crippen LogP contribution in [0.4, 0.5) is 4.39 Å². The molecule has 0 radical (unpaired) electrons. The van der Waals surface area contributed by atoms with E-state index in [1.54, 1.807) is 0 Å². The summed E-state index contributed by atoms with van der Waals surface area (Å²) in [6.07, 6.45) is 3.40. The summed E-state index contributed by atoms with van der Waals surface area (Å²) in [6, 6.07) is 0.311. The zero-order valence-corrected chi connectivity index (χ0v) is 6.09. The van der Waals surface area contributed by atoms with Gasteiger partial charge in [-0.05, 0) is 37.5 Å². The fourth-order valence-electron chi connectivity index (χ4n) is 2.40. The van der Waals surface area contributed by atoms with Crippen LogP contribution in [-0.4, -0.2) is 12.2 Å². The molecule has 3 fully saturated rings. The van der Waals surface area contributed by atoms with Crippen LogP contribution >= 0.6 is 0 Å². The topological polar surface area (TPSA) is 26.0 Å².